The lowest BCUT2D eigenvalue weighted by atomic mass is 9.86. The zero-order valence-electron chi connectivity index (χ0n) is 11.4. The number of aromatic nitrogens is 2. The molecule has 0 N–H and O–H groups in total. The van der Waals surface area contributed by atoms with Crippen molar-refractivity contribution in [3.63, 3.8) is 0 Å². The van der Waals surface area contributed by atoms with Crippen molar-refractivity contribution < 1.29 is 9.53 Å². The molecule has 0 amide bonds. The second-order valence-electron chi connectivity index (χ2n) is 5.29. The first-order chi connectivity index (χ1) is 7.91. The molecule has 0 saturated carbocycles. The maximum absolute atomic E-state index is 12.4. The van der Waals surface area contributed by atoms with E-state index in [1.165, 1.54) is 0 Å². The number of hydrogen-bond donors (Lipinski definition) is 0. The number of nitrogens with zero attached hydrogens (tertiary/aromatic N) is 2. The summed E-state index contributed by atoms with van der Waals surface area (Å²) < 4.78 is 7.22. The molecule has 1 heterocycles. The average molecular weight is 238 g/mol. The van der Waals surface area contributed by atoms with Crippen LogP contribution in [0.5, 0.6) is 0 Å². The van der Waals surface area contributed by atoms with Gasteiger partial charge >= 0.3 is 0 Å². The first kappa shape index (κ1) is 13.9. The van der Waals surface area contributed by atoms with Gasteiger partial charge in [0.25, 0.3) is 0 Å². The number of Topliss-reactive ketones (excluding diaryl/α,β-unsaturated/α-hetero) is 1. The van der Waals surface area contributed by atoms with Crippen LogP contribution in [0.3, 0.4) is 0 Å². The number of methoxy groups -OCH3 is 1. The molecule has 0 fully saturated rings. The van der Waals surface area contributed by atoms with E-state index in [2.05, 4.69) is 11.9 Å². The van der Waals surface area contributed by atoms with E-state index in [4.69, 9.17) is 4.74 Å². The van der Waals surface area contributed by atoms with Gasteiger partial charge in [0.2, 0.25) is 5.78 Å². The van der Waals surface area contributed by atoms with Crippen LogP contribution in [-0.4, -0.2) is 28.5 Å². The van der Waals surface area contributed by atoms with Gasteiger partial charge in [0, 0.05) is 26.0 Å². The minimum Gasteiger partial charge on any atom is -0.373 e. The fraction of sp³-hybridized carbons (Fsp3) is 0.692. The second-order valence-corrected chi connectivity index (χ2v) is 5.29. The molecule has 0 bridgehead atoms. The Kier molecular flexibility index (Phi) is 4.46. The molecule has 4 nitrogen and oxygen atoms in total. The van der Waals surface area contributed by atoms with Crippen LogP contribution in [0.4, 0.5) is 0 Å². The van der Waals surface area contributed by atoms with Gasteiger partial charge in [0.1, 0.15) is 6.10 Å². The van der Waals surface area contributed by atoms with Crippen molar-refractivity contribution in [3.05, 3.63) is 18.2 Å². The first-order valence-electron chi connectivity index (χ1n) is 6.00. The molecule has 1 unspecified atom stereocenters. The number of ketones is 1. The van der Waals surface area contributed by atoms with Crippen LogP contribution in [0, 0.1) is 5.41 Å². The van der Waals surface area contributed by atoms with E-state index < -0.39 is 6.10 Å². The summed E-state index contributed by atoms with van der Waals surface area (Å²) in [5, 5.41) is 0. The van der Waals surface area contributed by atoms with Crippen LogP contribution in [0.25, 0.3) is 0 Å². The van der Waals surface area contributed by atoms with Crippen molar-refractivity contribution >= 4 is 5.78 Å². The van der Waals surface area contributed by atoms with Crippen molar-refractivity contribution in [1.82, 2.24) is 9.55 Å². The zero-order chi connectivity index (χ0) is 13.1. The maximum atomic E-state index is 12.4. The monoisotopic (exact) mass is 238 g/mol. The lowest BCUT2D eigenvalue weighted by Crippen LogP contribution is -2.37. The molecule has 1 aromatic heterocycles. The summed E-state index contributed by atoms with van der Waals surface area (Å²) in [6.07, 6.45) is 4.02. The Morgan fingerprint density at radius 2 is 2.18 bits per heavy atom. The molecule has 0 aliphatic carbocycles. The van der Waals surface area contributed by atoms with E-state index in [0.29, 0.717) is 5.82 Å². The van der Waals surface area contributed by atoms with Crippen LogP contribution >= 0.6 is 0 Å². The highest BCUT2D eigenvalue weighted by atomic mass is 16.5. The van der Waals surface area contributed by atoms with Crippen molar-refractivity contribution in [2.45, 2.75) is 46.8 Å². The van der Waals surface area contributed by atoms with Crippen molar-refractivity contribution in [3.8, 4) is 0 Å². The van der Waals surface area contributed by atoms with E-state index in [0.717, 1.165) is 13.0 Å². The van der Waals surface area contributed by atoms with E-state index in [1.807, 2.05) is 31.5 Å². The summed E-state index contributed by atoms with van der Waals surface area (Å²) in [6.45, 7) is 8.86. The van der Waals surface area contributed by atoms with Crippen LogP contribution in [-0.2, 0) is 11.3 Å². The molecular weight excluding hydrogens is 216 g/mol. The Labute approximate surface area is 103 Å². The molecule has 0 radical (unpaired) electrons. The van der Waals surface area contributed by atoms with Gasteiger partial charge in [-0.2, -0.15) is 0 Å². The van der Waals surface area contributed by atoms with Gasteiger partial charge in [-0.25, -0.2) is 4.98 Å². The van der Waals surface area contributed by atoms with Crippen LogP contribution < -0.4 is 0 Å². The fourth-order valence-electron chi connectivity index (χ4n) is 1.93. The molecule has 0 spiro atoms. The van der Waals surface area contributed by atoms with E-state index in [-0.39, 0.29) is 11.2 Å². The summed E-state index contributed by atoms with van der Waals surface area (Å²) in [4.78, 5) is 16.5. The van der Waals surface area contributed by atoms with Crippen LogP contribution in [0.1, 0.15) is 44.7 Å². The lowest BCUT2D eigenvalue weighted by molar-refractivity contribution is 0.0184. The fourth-order valence-corrected chi connectivity index (χ4v) is 1.93. The van der Waals surface area contributed by atoms with E-state index in [9.17, 15) is 4.79 Å². The Morgan fingerprint density at radius 1 is 1.53 bits per heavy atom. The van der Waals surface area contributed by atoms with E-state index >= 15 is 0 Å². The molecule has 0 saturated heterocycles. The smallest absolute Gasteiger partial charge is 0.227 e. The quantitative estimate of drug-likeness (QED) is 0.740. The summed E-state index contributed by atoms with van der Waals surface area (Å²) in [5.41, 5.74) is -0.227. The summed E-state index contributed by atoms with van der Waals surface area (Å²) in [7, 11) is 1.57. The van der Waals surface area contributed by atoms with Gasteiger partial charge in [-0.05, 0) is 11.8 Å². The predicted molar refractivity (Wildman–Crippen MR) is 67.1 cm³/mol. The maximum Gasteiger partial charge on any atom is 0.227 e. The number of hydrogen-bond acceptors (Lipinski definition) is 3. The highest BCUT2D eigenvalue weighted by molar-refractivity contribution is 5.97. The third kappa shape index (κ3) is 3.16. The highest BCUT2D eigenvalue weighted by Crippen LogP contribution is 2.24. The lowest BCUT2D eigenvalue weighted by Gasteiger charge is -2.27. The van der Waals surface area contributed by atoms with Gasteiger partial charge in [-0.3, -0.25) is 4.79 Å². The molecule has 96 valence electrons. The average Bonchev–Trinajstić information content (AvgIpc) is 2.65. The SMILES string of the molecule is CCCn1ccnc1C(=O)C(OC)C(C)(C)C. The number of carbonyl (C=O) groups is 1. The normalized spacial score (nSPS) is 13.7. The summed E-state index contributed by atoms with van der Waals surface area (Å²) in [5.74, 6) is 0.451. The molecule has 1 atom stereocenters. The van der Waals surface area contributed by atoms with Crippen molar-refractivity contribution in [1.29, 1.82) is 0 Å². The third-order valence-electron chi connectivity index (χ3n) is 2.66. The van der Waals surface area contributed by atoms with Crippen LogP contribution in [0.2, 0.25) is 0 Å². The molecule has 0 aliphatic heterocycles. The van der Waals surface area contributed by atoms with Crippen molar-refractivity contribution in [2.75, 3.05) is 7.11 Å². The molecule has 1 aromatic rings. The third-order valence-corrected chi connectivity index (χ3v) is 2.66. The predicted octanol–water partition coefficient (Wildman–Crippen LogP) is 2.54. The second kappa shape index (κ2) is 5.45. The van der Waals surface area contributed by atoms with Crippen LogP contribution in [0.15, 0.2) is 12.4 Å². The summed E-state index contributed by atoms with van der Waals surface area (Å²) >= 11 is 0. The van der Waals surface area contributed by atoms with Gasteiger partial charge in [-0.1, -0.05) is 27.7 Å². The zero-order valence-corrected chi connectivity index (χ0v) is 11.4. The minimum absolute atomic E-state index is 0.0431. The molecule has 1 rings (SSSR count). The first-order valence-corrected chi connectivity index (χ1v) is 6.00. The Hall–Kier alpha value is -1.16. The number of rotatable bonds is 5. The Bertz CT molecular complexity index is 377. The number of carbonyl (C=O) groups excluding carboxylic acids is 1. The van der Waals surface area contributed by atoms with Gasteiger partial charge in [-0.15, -0.1) is 0 Å². The summed E-state index contributed by atoms with van der Waals surface area (Å²) in [6, 6.07) is 0. The number of imidazole rings is 1. The topological polar surface area (TPSA) is 44.1 Å². The Balaban J connectivity index is 2.98. The Morgan fingerprint density at radius 3 is 2.65 bits per heavy atom. The number of aryl methyl sites for hydroxylation is 1. The van der Waals surface area contributed by atoms with Crippen molar-refractivity contribution in [2.24, 2.45) is 5.41 Å². The molecule has 0 aliphatic rings. The number of ether oxygens (including phenoxy) is 1. The van der Waals surface area contributed by atoms with E-state index in [1.54, 1.807) is 13.3 Å². The molecule has 0 aromatic carbocycles. The van der Waals surface area contributed by atoms with Gasteiger partial charge in [0.05, 0.1) is 0 Å². The largest absolute Gasteiger partial charge is 0.373 e. The minimum atomic E-state index is -0.458. The highest BCUT2D eigenvalue weighted by Gasteiger charge is 2.34. The molecular formula is C13H22N2O2. The van der Waals surface area contributed by atoms with Gasteiger partial charge < -0.3 is 9.30 Å². The molecule has 4 heteroatoms. The van der Waals surface area contributed by atoms with Gasteiger partial charge in [0.15, 0.2) is 5.82 Å². The molecule has 17 heavy (non-hydrogen) atoms. The standard InChI is InChI=1S/C13H22N2O2/c1-6-8-15-9-7-14-12(15)10(16)11(17-5)13(2,3)4/h7,9,11H,6,8H2,1-5H3.